The number of allylic oxidation sites excluding steroid dienone is 3. The van der Waals surface area contributed by atoms with Gasteiger partial charge in [0.1, 0.15) is 0 Å². The first kappa shape index (κ1) is 78.3. The summed E-state index contributed by atoms with van der Waals surface area (Å²) in [6, 6.07) is -0.626. The average Bonchev–Trinajstić information content (AvgIpc) is 3.46. The fourth-order valence-corrected chi connectivity index (χ4v) is 11.6. The number of esters is 1. The van der Waals surface area contributed by atoms with Crippen LogP contribution in [0.25, 0.3) is 0 Å². The Kier molecular flexibility index (Phi) is 68.4. The van der Waals surface area contributed by atoms with E-state index in [1.807, 2.05) is 6.08 Å². The summed E-state index contributed by atoms with van der Waals surface area (Å²) in [5, 5.41) is 23.2. The molecule has 6 nitrogen and oxygen atoms in total. The van der Waals surface area contributed by atoms with Gasteiger partial charge >= 0.3 is 5.97 Å². The van der Waals surface area contributed by atoms with Crippen molar-refractivity contribution >= 4 is 11.9 Å². The molecule has 0 rings (SSSR count). The van der Waals surface area contributed by atoms with Gasteiger partial charge in [-0.1, -0.05) is 366 Å². The minimum Gasteiger partial charge on any atom is -0.466 e. The standard InChI is InChI=1S/C74H143NO5/c1-3-5-7-9-11-13-15-17-19-35-40-44-48-52-56-60-64-68-74(79)80-69-65-61-57-53-49-45-41-37-34-32-30-28-26-24-22-20-21-23-25-27-29-31-33-36-39-43-47-51-55-59-63-67-73(78)75-71(70-76)72(77)66-62-58-54-50-46-42-38-18-16-14-12-10-8-6-4-2/h22,24,62,66,71-72,76-77H,3-21,23,25-61,63-65,67-70H2,1-2H3,(H,75,78)/b24-22-,66-62+. The van der Waals surface area contributed by atoms with E-state index in [4.69, 9.17) is 4.74 Å². The lowest BCUT2D eigenvalue weighted by Crippen LogP contribution is -2.45. The lowest BCUT2D eigenvalue weighted by Gasteiger charge is -2.20. The maximum absolute atomic E-state index is 12.5. The number of amides is 1. The van der Waals surface area contributed by atoms with Crippen LogP contribution in [0.5, 0.6) is 0 Å². The molecule has 2 atom stereocenters. The molecule has 0 aliphatic rings. The van der Waals surface area contributed by atoms with Gasteiger partial charge in [0.25, 0.3) is 0 Å². The summed E-state index contributed by atoms with van der Waals surface area (Å²) >= 11 is 0. The topological polar surface area (TPSA) is 95.9 Å². The number of aliphatic hydroxyl groups excluding tert-OH is 2. The number of nitrogens with one attached hydrogen (secondary N) is 1. The van der Waals surface area contributed by atoms with E-state index in [1.165, 1.54) is 347 Å². The molecule has 0 fully saturated rings. The first-order chi connectivity index (χ1) is 39.5. The zero-order chi connectivity index (χ0) is 57.8. The average molecular weight is 1130 g/mol. The van der Waals surface area contributed by atoms with Gasteiger partial charge in [-0.3, -0.25) is 9.59 Å². The van der Waals surface area contributed by atoms with Gasteiger partial charge in [0.2, 0.25) is 5.91 Å². The van der Waals surface area contributed by atoms with Gasteiger partial charge in [0.15, 0.2) is 0 Å². The highest BCUT2D eigenvalue weighted by molar-refractivity contribution is 5.76. The van der Waals surface area contributed by atoms with E-state index in [-0.39, 0.29) is 18.5 Å². The summed E-state index contributed by atoms with van der Waals surface area (Å²) in [5.41, 5.74) is 0. The van der Waals surface area contributed by atoms with Gasteiger partial charge in [0.05, 0.1) is 25.4 Å². The summed E-state index contributed by atoms with van der Waals surface area (Å²) in [4.78, 5) is 24.6. The maximum atomic E-state index is 12.5. The molecule has 2 unspecified atom stereocenters. The molecule has 0 aromatic carbocycles. The second kappa shape index (κ2) is 69.8. The first-order valence-electron chi connectivity index (χ1n) is 36.6. The fourth-order valence-electron chi connectivity index (χ4n) is 11.6. The van der Waals surface area contributed by atoms with Crippen LogP contribution in [-0.4, -0.2) is 47.4 Å². The largest absolute Gasteiger partial charge is 0.466 e. The van der Waals surface area contributed by atoms with Crippen molar-refractivity contribution in [2.75, 3.05) is 13.2 Å². The van der Waals surface area contributed by atoms with Crippen LogP contribution in [0.4, 0.5) is 0 Å². The molecule has 0 aromatic heterocycles. The Balaban J connectivity index is 3.35. The number of carbonyl (C=O) groups is 2. The van der Waals surface area contributed by atoms with E-state index in [2.05, 4.69) is 31.3 Å². The van der Waals surface area contributed by atoms with Crippen LogP contribution < -0.4 is 5.32 Å². The normalized spacial score (nSPS) is 12.6. The number of ether oxygens (including phenoxy) is 1. The Hall–Kier alpha value is -1.66. The predicted molar refractivity (Wildman–Crippen MR) is 352 cm³/mol. The molecule has 0 saturated heterocycles. The molecule has 0 spiro atoms. The SMILES string of the molecule is CCCCCCCCCCCCCCC/C=C/C(O)C(CO)NC(=O)CCCCCCCCCCCCCCCCC/C=C\CCCCCCCCCCCCCCOC(=O)CCCCCCCCCCCCCCCCCCC. The number of hydrogen-bond acceptors (Lipinski definition) is 5. The van der Waals surface area contributed by atoms with E-state index in [1.54, 1.807) is 6.08 Å². The van der Waals surface area contributed by atoms with E-state index in [0.717, 1.165) is 38.5 Å². The lowest BCUT2D eigenvalue weighted by atomic mass is 10.0. The number of carbonyl (C=O) groups excluding carboxylic acids is 2. The highest BCUT2D eigenvalue weighted by Crippen LogP contribution is 2.19. The molecule has 0 bridgehead atoms. The molecule has 0 aromatic rings. The molecule has 3 N–H and O–H groups in total. The smallest absolute Gasteiger partial charge is 0.305 e. The molecule has 0 aliphatic heterocycles. The van der Waals surface area contributed by atoms with Crippen LogP contribution in [-0.2, 0) is 14.3 Å². The van der Waals surface area contributed by atoms with E-state index >= 15 is 0 Å². The van der Waals surface area contributed by atoms with Crippen molar-refractivity contribution < 1.29 is 24.5 Å². The Morgan fingerprint density at radius 1 is 0.338 bits per heavy atom. The minimum atomic E-state index is -0.842. The summed E-state index contributed by atoms with van der Waals surface area (Å²) in [6.07, 6.45) is 88.5. The second-order valence-corrected chi connectivity index (χ2v) is 25.3. The Bertz CT molecular complexity index is 1250. The fraction of sp³-hybridized carbons (Fsp3) is 0.919. The molecule has 1 amide bonds. The van der Waals surface area contributed by atoms with Crippen molar-refractivity contribution in [3.63, 3.8) is 0 Å². The summed E-state index contributed by atoms with van der Waals surface area (Å²) in [6.45, 7) is 4.95. The highest BCUT2D eigenvalue weighted by atomic mass is 16.5. The molecular formula is C74H143NO5. The molecule has 6 heteroatoms. The van der Waals surface area contributed by atoms with Crippen LogP contribution in [0.3, 0.4) is 0 Å². The number of unbranched alkanes of at least 4 members (excludes halogenated alkanes) is 56. The van der Waals surface area contributed by atoms with Crippen LogP contribution in [0.1, 0.15) is 412 Å². The van der Waals surface area contributed by atoms with E-state index in [0.29, 0.717) is 19.4 Å². The van der Waals surface area contributed by atoms with Gasteiger partial charge < -0.3 is 20.3 Å². The molecular weight excluding hydrogens is 983 g/mol. The van der Waals surface area contributed by atoms with Crippen molar-refractivity contribution in [2.24, 2.45) is 0 Å². The monoisotopic (exact) mass is 1130 g/mol. The van der Waals surface area contributed by atoms with Crippen LogP contribution in [0, 0.1) is 0 Å². The quantitative estimate of drug-likeness (QED) is 0.0320. The van der Waals surface area contributed by atoms with E-state index < -0.39 is 12.1 Å². The van der Waals surface area contributed by atoms with Crippen molar-refractivity contribution in [2.45, 2.75) is 424 Å². The van der Waals surface area contributed by atoms with Crippen LogP contribution >= 0.6 is 0 Å². The number of aliphatic hydroxyl groups is 2. The second-order valence-electron chi connectivity index (χ2n) is 25.3. The number of hydrogen-bond donors (Lipinski definition) is 3. The predicted octanol–water partition coefficient (Wildman–Crippen LogP) is 23.7. The zero-order valence-corrected chi connectivity index (χ0v) is 54.3. The maximum Gasteiger partial charge on any atom is 0.305 e. The third-order valence-electron chi connectivity index (χ3n) is 17.2. The van der Waals surface area contributed by atoms with Crippen LogP contribution in [0.2, 0.25) is 0 Å². The first-order valence-corrected chi connectivity index (χ1v) is 36.6. The van der Waals surface area contributed by atoms with Gasteiger partial charge in [-0.2, -0.15) is 0 Å². The Morgan fingerprint density at radius 3 is 0.887 bits per heavy atom. The molecule has 0 radical (unpaired) electrons. The summed E-state index contributed by atoms with van der Waals surface area (Å²) in [5.74, 6) is -0.0411. The molecule has 0 saturated carbocycles. The Labute approximate surface area is 501 Å². The van der Waals surface area contributed by atoms with Gasteiger partial charge in [-0.15, -0.1) is 0 Å². The van der Waals surface area contributed by atoms with Crippen molar-refractivity contribution in [3.05, 3.63) is 24.3 Å². The highest BCUT2D eigenvalue weighted by Gasteiger charge is 2.18. The third kappa shape index (κ3) is 65.5. The van der Waals surface area contributed by atoms with Crippen molar-refractivity contribution in [1.29, 1.82) is 0 Å². The lowest BCUT2D eigenvalue weighted by molar-refractivity contribution is -0.143. The van der Waals surface area contributed by atoms with Gasteiger partial charge in [-0.25, -0.2) is 0 Å². The Morgan fingerprint density at radius 2 is 0.588 bits per heavy atom. The molecule has 80 heavy (non-hydrogen) atoms. The van der Waals surface area contributed by atoms with Gasteiger partial charge in [0, 0.05) is 12.8 Å². The van der Waals surface area contributed by atoms with Crippen molar-refractivity contribution in [1.82, 2.24) is 5.32 Å². The summed E-state index contributed by atoms with van der Waals surface area (Å²) in [7, 11) is 0. The molecule has 0 heterocycles. The molecule has 0 aliphatic carbocycles. The number of rotatable bonds is 69. The summed E-state index contributed by atoms with van der Waals surface area (Å²) < 4.78 is 5.51. The zero-order valence-electron chi connectivity index (χ0n) is 54.3. The third-order valence-corrected chi connectivity index (χ3v) is 17.2. The van der Waals surface area contributed by atoms with Gasteiger partial charge in [-0.05, 0) is 57.8 Å². The minimum absolute atomic E-state index is 0.0221. The molecule has 474 valence electrons. The van der Waals surface area contributed by atoms with E-state index in [9.17, 15) is 19.8 Å². The van der Waals surface area contributed by atoms with Crippen LogP contribution in [0.15, 0.2) is 24.3 Å². The van der Waals surface area contributed by atoms with Crippen molar-refractivity contribution in [3.8, 4) is 0 Å².